The first-order chi connectivity index (χ1) is 8.02. The highest BCUT2D eigenvalue weighted by atomic mass is 16.5. The summed E-state index contributed by atoms with van der Waals surface area (Å²) in [5.74, 6) is 1.58. The predicted octanol–water partition coefficient (Wildman–Crippen LogP) is 2.64. The largest absolute Gasteiger partial charge is 0.381 e. The molecule has 0 aromatic carbocycles. The van der Waals surface area contributed by atoms with Crippen LogP contribution < -0.4 is 5.32 Å². The van der Waals surface area contributed by atoms with Crippen molar-refractivity contribution in [1.29, 1.82) is 0 Å². The second-order valence-corrected chi connectivity index (χ2v) is 5.46. The van der Waals surface area contributed by atoms with Crippen molar-refractivity contribution in [1.82, 2.24) is 5.32 Å². The molecular formula is C14H29NO2. The molecule has 0 heterocycles. The summed E-state index contributed by atoms with van der Waals surface area (Å²) in [5, 5.41) is 3.16. The summed E-state index contributed by atoms with van der Waals surface area (Å²) >= 11 is 0. The van der Waals surface area contributed by atoms with E-state index < -0.39 is 0 Å². The van der Waals surface area contributed by atoms with E-state index in [2.05, 4.69) is 33.0 Å². The van der Waals surface area contributed by atoms with Gasteiger partial charge in [0.1, 0.15) is 5.78 Å². The molecule has 0 spiro atoms. The first kappa shape index (κ1) is 16.6. The molecule has 0 aliphatic rings. The highest BCUT2D eigenvalue weighted by Gasteiger charge is 2.02. The van der Waals surface area contributed by atoms with E-state index in [9.17, 15) is 4.79 Å². The van der Waals surface area contributed by atoms with Gasteiger partial charge in [-0.1, -0.05) is 27.7 Å². The first-order valence-electron chi connectivity index (χ1n) is 6.82. The van der Waals surface area contributed by atoms with E-state index in [4.69, 9.17) is 4.74 Å². The van der Waals surface area contributed by atoms with Crippen molar-refractivity contribution in [2.75, 3.05) is 26.3 Å². The van der Waals surface area contributed by atoms with E-state index in [1.54, 1.807) is 0 Å². The molecule has 3 heteroatoms. The lowest BCUT2D eigenvalue weighted by atomic mass is 10.1. The monoisotopic (exact) mass is 243 g/mol. The van der Waals surface area contributed by atoms with Crippen molar-refractivity contribution in [3.63, 3.8) is 0 Å². The van der Waals surface area contributed by atoms with Crippen LogP contribution in [0.15, 0.2) is 0 Å². The van der Waals surface area contributed by atoms with Crippen molar-refractivity contribution in [3.8, 4) is 0 Å². The standard InChI is InChI=1S/C14H29NO2/c1-12(2)7-9-17-8-5-6-14(16)11-15-10-13(3)4/h12-13,15H,5-11H2,1-4H3. The number of hydrogen-bond acceptors (Lipinski definition) is 3. The van der Waals surface area contributed by atoms with Crippen molar-refractivity contribution in [2.24, 2.45) is 11.8 Å². The van der Waals surface area contributed by atoms with E-state index in [0.717, 1.165) is 26.0 Å². The van der Waals surface area contributed by atoms with Gasteiger partial charge in [0.2, 0.25) is 0 Å². The molecule has 0 saturated carbocycles. The molecule has 0 saturated heterocycles. The van der Waals surface area contributed by atoms with Crippen LogP contribution in [0.5, 0.6) is 0 Å². The molecule has 0 rings (SSSR count). The maximum Gasteiger partial charge on any atom is 0.146 e. The van der Waals surface area contributed by atoms with Crippen molar-refractivity contribution in [2.45, 2.75) is 47.0 Å². The van der Waals surface area contributed by atoms with E-state index >= 15 is 0 Å². The lowest BCUT2D eigenvalue weighted by Crippen LogP contribution is -2.26. The van der Waals surface area contributed by atoms with Crippen molar-refractivity contribution >= 4 is 5.78 Å². The predicted molar refractivity (Wildman–Crippen MR) is 72.2 cm³/mol. The lowest BCUT2D eigenvalue weighted by molar-refractivity contribution is -0.118. The third kappa shape index (κ3) is 13.5. The van der Waals surface area contributed by atoms with Gasteiger partial charge in [0, 0.05) is 19.6 Å². The summed E-state index contributed by atoms with van der Waals surface area (Å²) in [4.78, 5) is 11.4. The molecule has 0 amide bonds. The zero-order valence-electron chi connectivity index (χ0n) is 11.9. The zero-order chi connectivity index (χ0) is 13.1. The molecule has 0 unspecified atom stereocenters. The van der Waals surface area contributed by atoms with Gasteiger partial charge in [-0.25, -0.2) is 0 Å². The first-order valence-corrected chi connectivity index (χ1v) is 6.82. The average molecular weight is 243 g/mol. The zero-order valence-corrected chi connectivity index (χ0v) is 11.9. The Morgan fingerprint density at radius 1 is 1.12 bits per heavy atom. The summed E-state index contributed by atoms with van der Waals surface area (Å²) in [6.07, 6.45) is 2.58. The molecule has 0 bridgehead atoms. The lowest BCUT2D eigenvalue weighted by Gasteiger charge is -2.07. The van der Waals surface area contributed by atoms with Crippen LogP contribution in [0.3, 0.4) is 0 Å². The van der Waals surface area contributed by atoms with Gasteiger partial charge in [-0.15, -0.1) is 0 Å². The van der Waals surface area contributed by atoms with Gasteiger partial charge >= 0.3 is 0 Å². The van der Waals surface area contributed by atoms with Crippen LogP contribution in [0.2, 0.25) is 0 Å². The van der Waals surface area contributed by atoms with Gasteiger partial charge in [-0.3, -0.25) is 4.79 Å². The maximum absolute atomic E-state index is 11.4. The van der Waals surface area contributed by atoms with Gasteiger partial charge in [0.25, 0.3) is 0 Å². The number of Topliss-reactive ketones (excluding diaryl/α,β-unsaturated/α-hetero) is 1. The summed E-state index contributed by atoms with van der Waals surface area (Å²) in [7, 11) is 0. The fourth-order valence-electron chi connectivity index (χ4n) is 1.38. The minimum absolute atomic E-state index is 0.290. The molecule has 17 heavy (non-hydrogen) atoms. The SMILES string of the molecule is CC(C)CCOCCCC(=O)CNCC(C)C. The highest BCUT2D eigenvalue weighted by Crippen LogP contribution is 2.00. The van der Waals surface area contributed by atoms with E-state index in [0.29, 0.717) is 31.4 Å². The molecule has 0 aromatic rings. The average Bonchev–Trinajstić information content (AvgIpc) is 2.22. The Bertz CT molecular complexity index is 191. The molecule has 3 nitrogen and oxygen atoms in total. The number of ketones is 1. The highest BCUT2D eigenvalue weighted by molar-refractivity contribution is 5.80. The number of rotatable bonds is 11. The molecule has 0 atom stereocenters. The Morgan fingerprint density at radius 2 is 1.82 bits per heavy atom. The fraction of sp³-hybridized carbons (Fsp3) is 0.929. The fourth-order valence-corrected chi connectivity index (χ4v) is 1.38. The minimum atomic E-state index is 0.290. The third-order valence-electron chi connectivity index (χ3n) is 2.46. The molecule has 0 aromatic heterocycles. The molecule has 102 valence electrons. The van der Waals surface area contributed by atoms with Gasteiger partial charge in [-0.05, 0) is 31.2 Å². The number of carbonyl (C=O) groups excluding carboxylic acids is 1. The second-order valence-electron chi connectivity index (χ2n) is 5.46. The summed E-state index contributed by atoms with van der Waals surface area (Å²) in [5.41, 5.74) is 0. The minimum Gasteiger partial charge on any atom is -0.381 e. The molecule has 1 N–H and O–H groups in total. The van der Waals surface area contributed by atoms with Crippen molar-refractivity contribution in [3.05, 3.63) is 0 Å². The van der Waals surface area contributed by atoms with Crippen LogP contribution in [-0.2, 0) is 9.53 Å². The normalized spacial score (nSPS) is 11.4. The van der Waals surface area contributed by atoms with E-state index in [-0.39, 0.29) is 5.78 Å². The van der Waals surface area contributed by atoms with Crippen LogP contribution >= 0.6 is 0 Å². The van der Waals surface area contributed by atoms with Gasteiger partial charge < -0.3 is 10.1 Å². The van der Waals surface area contributed by atoms with Gasteiger partial charge in [0.05, 0.1) is 6.54 Å². The van der Waals surface area contributed by atoms with Crippen LogP contribution in [0.1, 0.15) is 47.0 Å². The third-order valence-corrected chi connectivity index (χ3v) is 2.46. The smallest absolute Gasteiger partial charge is 0.146 e. The molecule has 0 aliphatic carbocycles. The Hall–Kier alpha value is -0.410. The molecule has 0 fully saturated rings. The molecular weight excluding hydrogens is 214 g/mol. The summed E-state index contributed by atoms with van der Waals surface area (Å²) in [6.45, 7) is 11.6. The van der Waals surface area contributed by atoms with Crippen LogP contribution in [0.25, 0.3) is 0 Å². The number of carbonyl (C=O) groups is 1. The van der Waals surface area contributed by atoms with Crippen molar-refractivity contribution < 1.29 is 9.53 Å². The van der Waals surface area contributed by atoms with E-state index in [1.165, 1.54) is 0 Å². The Labute approximate surface area is 106 Å². The second kappa shape index (κ2) is 10.7. The number of hydrogen-bond donors (Lipinski definition) is 1. The maximum atomic E-state index is 11.4. The number of nitrogens with one attached hydrogen (secondary N) is 1. The van der Waals surface area contributed by atoms with E-state index in [1.807, 2.05) is 0 Å². The van der Waals surface area contributed by atoms with Gasteiger partial charge in [-0.2, -0.15) is 0 Å². The number of ether oxygens (including phenoxy) is 1. The Morgan fingerprint density at radius 3 is 2.41 bits per heavy atom. The van der Waals surface area contributed by atoms with Gasteiger partial charge in [0.15, 0.2) is 0 Å². The summed E-state index contributed by atoms with van der Waals surface area (Å²) < 4.78 is 5.46. The molecule has 0 aliphatic heterocycles. The van der Waals surface area contributed by atoms with Crippen LogP contribution in [0.4, 0.5) is 0 Å². The topological polar surface area (TPSA) is 38.3 Å². The van der Waals surface area contributed by atoms with Crippen LogP contribution in [0, 0.1) is 11.8 Å². The quantitative estimate of drug-likeness (QED) is 0.567. The molecule has 0 radical (unpaired) electrons. The Kier molecular flexibility index (Phi) is 10.5. The van der Waals surface area contributed by atoms with Crippen LogP contribution in [-0.4, -0.2) is 32.1 Å². The Balaban J connectivity index is 3.22. The summed E-state index contributed by atoms with van der Waals surface area (Å²) in [6, 6.07) is 0.